The van der Waals surface area contributed by atoms with Gasteiger partial charge in [0.2, 0.25) is 0 Å². The Labute approximate surface area is 450 Å². The third kappa shape index (κ3) is 14.0. The molecule has 4 amide bonds. The third-order valence-electron chi connectivity index (χ3n) is 15.7. The van der Waals surface area contributed by atoms with Gasteiger partial charge in [0.1, 0.15) is 17.8 Å². The number of carboxylic acids is 2. The van der Waals surface area contributed by atoms with Crippen LogP contribution in [0.5, 0.6) is 5.75 Å². The van der Waals surface area contributed by atoms with Gasteiger partial charge in [-0.15, -0.1) is 13.2 Å². The molecule has 0 aliphatic carbocycles. The van der Waals surface area contributed by atoms with Crippen LogP contribution in [0.4, 0.5) is 47.3 Å². The fraction of sp³-hybridized carbons (Fsp3) is 0.429. The molecule has 4 fully saturated rings. The number of nitrogens with one attached hydrogen (secondary N) is 4. The molecule has 4 aliphatic heterocycles. The summed E-state index contributed by atoms with van der Waals surface area (Å²) in [6.45, 7) is 4.49. The van der Waals surface area contributed by atoms with E-state index in [4.69, 9.17) is 0 Å². The Morgan fingerprint density at radius 2 is 0.923 bits per heavy atom. The quantitative estimate of drug-likeness (QED) is 0.0509. The van der Waals surface area contributed by atoms with E-state index in [1.165, 1.54) is 58.3 Å². The van der Waals surface area contributed by atoms with Crippen LogP contribution in [-0.2, 0) is 9.59 Å². The second kappa shape index (κ2) is 24.4. The number of nitrogens with zero attached hydrogens (tertiary/aromatic N) is 4. The molecule has 6 heterocycles. The van der Waals surface area contributed by atoms with Crippen molar-refractivity contribution < 1.29 is 60.5 Å². The SMILES string of the molecule is O=C(O)C(C1CCN(C(=O)Nc2ccc(OC(F)(F)F)cc2)CC1)N1CCC(c2c[nH]c3ccccc23)CC1.O=C(O)C(C1CCN(C(=O)Nc2ccc(SC(F)(F)F)cc2)CC1)N1CCC(c2c[nH]c3ccccc23)CC1. The number of aliphatic carboxylic acids is 2. The van der Waals surface area contributed by atoms with Gasteiger partial charge in [-0.3, -0.25) is 19.4 Å². The van der Waals surface area contributed by atoms with Crippen molar-refractivity contribution in [1.29, 1.82) is 0 Å². The number of para-hydroxylation sites is 2. The van der Waals surface area contributed by atoms with E-state index < -0.39 is 35.9 Å². The number of aromatic nitrogens is 2. The molecule has 0 radical (unpaired) electrons. The van der Waals surface area contributed by atoms with Crippen molar-refractivity contribution in [3.63, 3.8) is 0 Å². The lowest BCUT2D eigenvalue weighted by atomic mass is 9.84. The summed E-state index contributed by atoms with van der Waals surface area (Å²) in [4.78, 5) is 64.3. The molecule has 4 aromatic carbocycles. The Kier molecular flexibility index (Phi) is 17.5. The van der Waals surface area contributed by atoms with Crippen LogP contribution in [0.25, 0.3) is 21.8 Å². The van der Waals surface area contributed by atoms with Gasteiger partial charge in [-0.1, -0.05) is 36.4 Å². The average Bonchev–Trinajstić information content (AvgIpc) is 4.10. The first kappa shape index (κ1) is 55.8. The number of thioether (sulfide) groups is 1. The lowest BCUT2D eigenvalue weighted by Crippen LogP contribution is -2.52. The summed E-state index contributed by atoms with van der Waals surface area (Å²) in [7, 11) is 0. The highest BCUT2D eigenvalue weighted by Gasteiger charge is 2.41. The predicted octanol–water partition coefficient (Wildman–Crippen LogP) is 12.0. The molecular formula is C56H62F6N8O7S. The highest BCUT2D eigenvalue weighted by Crippen LogP contribution is 2.39. The second-order valence-electron chi connectivity index (χ2n) is 20.4. The molecule has 15 nitrogen and oxygen atoms in total. The van der Waals surface area contributed by atoms with Gasteiger partial charge in [-0.25, -0.2) is 9.59 Å². The molecule has 78 heavy (non-hydrogen) atoms. The van der Waals surface area contributed by atoms with E-state index in [9.17, 15) is 55.7 Å². The van der Waals surface area contributed by atoms with Gasteiger partial charge in [-0.2, -0.15) is 13.2 Å². The number of carbonyl (C=O) groups is 4. The van der Waals surface area contributed by atoms with E-state index in [1.54, 1.807) is 9.80 Å². The number of carbonyl (C=O) groups excluding carboxylic acids is 2. The summed E-state index contributed by atoms with van der Waals surface area (Å²) in [5.41, 5.74) is 1.21. The molecule has 10 rings (SSSR count). The van der Waals surface area contributed by atoms with Crippen LogP contribution in [0.15, 0.2) is 114 Å². The summed E-state index contributed by atoms with van der Waals surface area (Å²) in [6, 6.07) is 25.0. The Hall–Kier alpha value is -6.91. The minimum absolute atomic E-state index is 0.0477. The number of halogens is 6. The fourth-order valence-electron chi connectivity index (χ4n) is 11.9. The normalized spacial score (nSPS) is 18.7. The number of piperidine rings is 4. The minimum atomic E-state index is -4.78. The molecule has 2 aromatic heterocycles. The number of benzene rings is 4. The highest BCUT2D eigenvalue weighted by molar-refractivity contribution is 8.00. The number of rotatable bonds is 12. The van der Waals surface area contributed by atoms with Crippen molar-refractivity contribution in [2.75, 3.05) is 63.0 Å². The number of hydrogen-bond donors (Lipinski definition) is 6. The summed E-state index contributed by atoms with van der Waals surface area (Å²) < 4.78 is 78.4. The summed E-state index contributed by atoms with van der Waals surface area (Å²) in [6.07, 6.45) is 5.22. The number of H-pyrrole nitrogens is 2. The van der Waals surface area contributed by atoms with Crippen LogP contribution in [0, 0.1) is 11.8 Å². The molecule has 4 saturated heterocycles. The molecule has 6 N–H and O–H groups in total. The monoisotopic (exact) mass is 1100 g/mol. The van der Waals surface area contributed by atoms with E-state index >= 15 is 0 Å². The maximum absolute atomic E-state index is 12.7. The zero-order valence-electron chi connectivity index (χ0n) is 42.6. The highest BCUT2D eigenvalue weighted by atomic mass is 32.2. The number of ether oxygens (including phenoxy) is 1. The van der Waals surface area contributed by atoms with E-state index in [0.717, 1.165) is 48.8 Å². The van der Waals surface area contributed by atoms with Gasteiger partial charge in [-0.05, 0) is 185 Å². The van der Waals surface area contributed by atoms with Gasteiger partial charge in [0.05, 0.1) is 0 Å². The zero-order valence-corrected chi connectivity index (χ0v) is 43.4. The molecule has 0 bridgehead atoms. The van der Waals surface area contributed by atoms with Crippen LogP contribution in [0.1, 0.15) is 74.3 Å². The smallest absolute Gasteiger partial charge is 0.480 e. The Morgan fingerprint density at radius 1 is 0.538 bits per heavy atom. The van der Waals surface area contributed by atoms with Crippen molar-refractivity contribution in [2.24, 2.45) is 11.8 Å². The molecular weight excluding hydrogens is 1040 g/mol. The van der Waals surface area contributed by atoms with Gasteiger partial charge in [0, 0.05) is 76.6 Å². The Balaban J connectivity index is 0.000000190. The summed E-state index contributed by atoms with van der Waals surface area (Å²) in [5, 5.41) is 28.1. The number of aromatic amines is 2. The summed E-state index contributed by atoms with van der Waals surface area (Å²) in [5.74, 6) is -1.38. The lowest BCUT2D eigenvalue weighted by molar-refractivity contribution is -0.274. The second-order valence-corrected chi connectivity index (χ2v) is 21.6. The van der Waals surface area contributed by atoms with Crippen LogP contribution < -0.4 is 15.4 Å². The standard InChI is InChI=1S/C28H31F3N4O4.C28H31F3N4O3S/c2*29-28(30,31)39-21-7-5-20(6-8-21)33-27(38)35-15-11-19(12-16-35)25(26(36)37)34-13-9-18(10-14-34)23-17-32-24-4-2-1-3-22(23)24/h2*1-8,17-19,25,32H,9-16H2,(H,33,38)(H,36,37). The van der Waals surface area contributed by atoms with E-state index in [1.807, 2.05) is 24.3 Å². The first-order valence-electron chi connectivity index (χ1n) is 26.2. The number of carboxylic acid groups (broad SMARTS) is 2. The lowest BCUT2D eigenvalue weighted by Gasteiger charge is -2.41. The predicted molar refractivity (Wildman–Crippen MR) is 285 cm³/mol. The molecule has 0 spiro atoms. The maximum Gasteiger partial charge on any atom is 0.573 e. The molecule has 0 saturated carbocycles. The van der Waals surface area contributed by atoms with Gasteiger partial charge in [0.25, 0.3) is 0 Å². The maximum atomic E-state index is 12.7. The number of fused-ring (bicyclic) bond motifs is 2. The van der Waals surface area contributed by atoms with Crippen molar-refractivity contribution >= 4 is 68.9 Å². The third-order valence-corrected chi connectivity index (χ3v) is 16.4. The number of anilines is 2. The molecule has 2 unspecified atom stereocenters. The molecule has 6 aromatic rings. The Bertz CT molecular complexity index is 2790. The first-order valence-corrected chi connectivity index (χ1v) is 27.1. The van der Waals surface area contributed by atoms with Crippen molar-refractivity contribution in [3.8, 4) is 5.75 Å². The molecule has 4 aliphatic rings. The van der Waals surface area contributed by atoms with E-state index in [-0.39, 0.29) is 46.3 Å². The van der Waals surface area contributed by atoms with Crippen LogP contribution in [0.2, 0.25) is 0 Å². The number of amides is 4. The van der Waals surface area contributed by atoms with Crippen molar-refractivity contribution in [2.45, 2.75) is 92.1 Å². The zero-order chi connectivity index (χ0) is 55.1. The van der Waals surface area contributed by atoms with Crippen LogP contribution in [-0.4, -0.2) is 140 Å². The van der Waals surface area contributed by atoms with Gasteiger partial charge in [0.15, 0.2) is 0 Å². The molecule has 2 atom stereocenters. The number of hydrogen-bond acceptors (Lipinski definition) is 8. The number of urea groups is 2. The first-order chi connectivity index (χ1) is 37.4. The van der Waals surface area contributed by atoms with Gasteiger partial charge >= 0.3 is 35.9 Å². The van der Waals surface area contributed by atoms with Crippen LogP contribution >= 0.6 is 11.8 Å². The number of alkyl halides is 6. The van der Waals surface area contributed by atoms with Crippen molar-refractivity contribution in [1.82, 2.24) is 29.6 Å². The Morgan fingerprint density at radius 3 is 1.29 bits per heavy atom. The molecule has 22 heteroatoms. The fourth-order valence-corrected chi connectivity index (χ4v) is 12.4. The largest absolute Gasteiger partial charge is 0.573 e. The molecule has 416 valence electrons. The van der Waals surface area contributed by atoms with Gasteiger partial charge < -0.3 is 45.4 Å². The van der Waals surface area contributed by atoms with Crippen molar-refractivity contribution in [3.05, 3.63) is 121 Å². The minimum Gasteiger partial charge on any atom is -0.480 e. The summed E-state index contributed by atoms with van der Waals surface area (Å²) >= 11 is -0.204. The van der Waals surface area contributed by atoms with E-state index in [0.29, 0.717) is 101 Å². The topological polar surface area (TPSA) is 187 Å². The number of likely N-dealkylation sites (tertiary alicyclic amines) is 4. The van der Waals surface area contributed by atoms with E-state index in [2.05, 4.69) is 71.8 Å². The van der Waals surface area contributed by atoms with Crippen LogP contribution in [0.3, 0.4) is 0 Å². The average molecular weight is 1110 g/mol.